The van der Waals surface area contributed by atoms with Crippen molar-refractivity contribution in [1.29, 1.82) is 0 Å². The van der Waals surface area contributed by atoms with E-state index >= 15 is 0 Å². The van der Waals surface area contributed by atoms with E-state index < -0.39 is 29.9 Å². The van der Waals surface area contributed by atoms with E-state index in [9.17, 15) is 24.6 Å². The van der Waals surface area contributed by atoms with Gasteiger partial charge < -0.3 is 25.6 Å². The molecule has 0 bridgehead atoms. The molecular formula is C29H28N4O6. The van der Waals surface area contributed by atoms with E-state index in [-0.39, 0.29) is 24.4 Å². The number of amides is 2. The second-order valence-electron chi connectivity index (χ2n) is 8.85. The van der Waals surface area contributed by atoms with Gasteiger partial charge in [-0.1, -0.05) is 66.7 Å². The molecule has 10 nitrogen and oxygen atoms in total. The predicted molar refractivity (Wildman–Crippen MR) is 145 cm³/mol. The third-order valence-corrected chi connectivity index (χ3v) is 6.09. The van der Waals surface area contributed by atoms with Gasteiger partial charge in [-0.3, -0.25) is 14.7 Å². The highest BCUT2D eigenvalue weighted by Crippen LogP contribution is 2.21. The van der Waals surface area contributed by atoms with Crippen LogP contribution in [0.2, 0.25) is 0 Å². The normalized spacial score (nSPS) is 12.3. The predicted octanol–water partition coefficient (Wildman–Crippen LogP) is 3.51. The first-order valence-corrected chi connectivity index (χ1v) is 12.2. The third kappa shape index (κ3) is 7.08. The van der Waals surface area contributed by atoms with Gasteiger partial charge in [-0.25, -0.2) is 4.79 Å². The minimum atomic E-state index is -1.66. The number of aliphatic hydroxyl groups is 1. The Morgan fingerprint density at radius 2 is 1.59 bits per heavy atom. The summed E-state index contributed by atoms with van der Waals surface area (Å²) in [6.07, 6.45) is -1.57. The second kappa shape index (κ2) is 12.5. The van der Waals surface area contributed by atoms with Crippen LogP contribution < -0.4 is 15.4 Å². The van der Waals surface area contributed by atoms with Gasteiger partial charge >= 0.3 is 5.97 Å². The summed E-state index contributed by atoms with van der Waals surface area (Å²) >= 11 is 0. The molecule has 0 spiro atoms. The number of rotatable bonds is 11. The number of ether oxygens (including phenoxy) is 1. The highest BCUT2D eigenvalue weighted by Gasteiger charge is 2.23. The Hall–Kier alpha value is -4.96. The van der Waals surface area contributed by atoms with Gasteiger partial charge in [0.2, 0.25) is 0 Å². The van der Waals surface area contributed by atoms with Crippen LogP contribution in [0.25, 0.3) is 11.1 Å². The Morgan fingerprint density at radius 1 is 0.923 bits per heavy atom. The molecule has 0 fully saturated rings. The van der Waals surface area contributed by atoms with Gasteiger partial charge in [-0.2, -0.15) is 5.10 Å². The highest BCUT2D eigenvalue weighted by molar-refractivity contribution is 6.06. The molecule has 0 aliphatic carbocycles. The van der Waals surface area contributed by atoms with Crippen LogP contribution in [0.5, 0.6) is 5.75 Å². The summed E-state index contributed by atoms with van der Waals surface area (Å²) in [5.74, 6) is -1.90. The van der Waals surface area contributed by atoms with Crippen LogP contribution >= 0.6 is 0 Å². The van der Waals surface area contributed by atoms with Crippen molar-refractivity contribution in [2.75, 3.05) is 12.4 Å². The number of aromatic amines is 1. The molecule has 1 heterocycles. The Bertz CT molecular complexity index is 1440. The van der Waals surface area contributed by atoms with Crippen molar-refractivity contribution < 1.29 is 29.3 Å². The summed E-state index contributed by atoms with van der Waals surface area (Å²) in [6, 6.07) is 24.9. The topological polar surface area (TPSA) is 154 Å². The van der Waals surface area contributed by atoms with E-state index in [0.29, 0.717) is 11.3 Å². The van der Waals surface area contributed by atoms with Crippen molar-refractivity contribution in [1.82, 2.24) is 15.5 Å². The van der Waals surface area contributed by atoms with Crippen molar-refractivity contribution in [2.45, 2.75) is 25.0 Å². The molecule has 5 N–H and O–H groups in total. The lowest BCUT2D eigenvalue weighted by molar-refractivity contribution is -0.147. The fourth-order valence-corrected chi connectivity index (χ4v) is 4.09. The van der Waals surface area contributed by atoms with E-state index in [1.165, 1.54) is 13.2 Å². The van der Waals surface area contributed by atoms with Gasteiger partial charge in [0.05, 0.1) is 12.7 Å². The van der Waals surface area contributed by atoms with Crippen molar-refractivity contribution in [3.05, 3.63) is 102 Å². The number of aliphatic hydroxyl groups excluding tert-OH is 1. The summed E-state index contributed by atoms with van der Waals surface area (Å²) in [5, 5.41) is 31.1. The molecule has 3 aromatic carbocycles. The number of carbonyl (C=O) groups excluding carboxylic acids is 2. The molecule has 39 heavy (non-hydrogen) atoms. The Labute approximate surface area is 224 Å². The van der Waals surface area contributed by atoms with Crippen LogP contribution in [0.3, 0.4) is 0 Å². The van der Waals surface area contributed by atoms with Crippen LogP contribution in [0.4, 0.5) is 5.82 Å². The second-order valence-corrected chi connectivity index (χ2v) is 8.85. The van der Waals surface area contributed by atoms with E-state index in [1.54, 1.807) is 24.3 Å². The number of methoxy groups -OCH3 is 1. The zero-order chi connectivity index (χ0) is 27.8. The number of nitrogens with one attached hydrogen (secondary N) is 3. The van der Waals surface area contributed by atoms with Gasteiger partial charge in [0.15, 0.2) is 11.9 Å². The minimum Gasteiger partial charge on any atom is -0.496 e. The molecule has 2 amide bonds. The number of aliphatic carboxylic acids is 1. The molecule has 2 atom stereocenters. The third-order valence-electron chi connectivity index (χ3n) is 6.09. The molecule has 10 heteroatoms. The minimum absolute atomic E-state index is 0.0552. The first kappa shape index (κ1) is 27.1. The highest BCUT2D eigenvalue weighted by atomic mass is 16.5. The lowest BCUT2D eigenvalue weighted by atomic mass is 9.97. The van der Waals surface area contributed by atoms with E-state index in [2.05, 4.69) is 20.8 Å². The van der Waals surface area contributed by atoms with Crippen LogP contribution in [0.1, 0.15) is 32.8 Å². The van der Waals surface area contributed by atoms with Gasteiger partial charge in [0.1, 0.15) is 11.4 Å². The number of carboxylic acids is 1. The lowest BCUT2D eigenvalue weighted by Crippen LogP contribution is -2.40. The van der Waals surface area contributed by atoms with Gasteiger partial charge in [0.25, 0.3) is 11.8 Å². The summed E-state index contributed by atoms with van der Waals surface area (Å²) in [4.78, 5) is 36.9. The number of carboxylic acid groups (broad SMARTS) is 1. The number of H-pyrrole nitrogens is 1. The fourth-order valence-electron chi connectivity index (χ4n) is 4.09. The van der Waals surface area contributed by atoms with E-state index in [0.717, 1.165) is 16.7 Å². The average Bonchev–Trinajstić information content (AvgIpc) is 3.42. The average molecular weight is 529 g/mol. The molecule has 200 valence electrons. The molecule has 0 aliphatic heterocycles. The monoisotopic (exact) mass is 528 g/mol. The Kier molecular flexibility index (Phi) is 8.70. The molecule has 1 aromatic heterocycles. The molecule has 0 unspecified atom stereocenters. The quantitative estimate of drug-likeness (QED) is 0.200. The summed E-state index contributed by atoms with van der Waals surface area (Å²) < 4.78 is 5.20. The number of hydrogen-bond donors (Lipinski definition) is 5. The van der Waals surface area contributed by atoms with Crippen LogP contribution in [0, 0.1) is 0 Å². The number of aromatic nitrogens is 2. The number of nitrogens with zero attached hydrogens (tertiary/aromatic N) is 1. The van der Waals surface area contributed by atoms with Crippen molar-refractivity contribution in [3.8, 4) is 16.9 Å². The molecule has 4 rings (SSSR count). The Balaban J connectivity index is 1.44. The molecule has 0 radical (unpaired) electrons. The number of anilines is 1. The number of para-hydroxylation sites is 1. The van der Waals surface area contributed by atoms with E-state index in [4.69, 9.17) is 4.74 Å². The maximum Gasteiger partial charge on any atom is 0.332 e. The molecule has 0 saturated heterocycles. The molecule has 0 aliphatic rings. The number of carbonyl (C=O) groups is 3. The zero-order valence-corrected chi connectivity index (χ0v) is 21.1. The first-order chi connectivity index (χ1) is 18.8. The maximum absolute atomic E-state index is 13.0. The van der Waals surface area contributed by atoms with Crippen molar-refractivity contribution in [2.24, 2.45) is 0 Å². The number of hydrogen-bond acceptors (Lipinski definition) is 6. The SMILES string of the molecule is COc1ccccc1C(=O)Nc1cc(C(=O)N[C@H](Cc2ccc(-c3ccccc3)cc2)C[C@@H](O)C(=O)O)[nH]n1. The molecule has 4 aromatic rings. The lowest BCUT2D eigenvalue weighted by Gasteiger charge is -2.20. The van der Waals surface area contributed by atoms with Gasteiger partial charge in [-0.05, 0) is 35.2 Å². The number of benzene rings is 3. The smallest absolute Gasteiger partial charge is 0.332 e. The summed E-state index contributed by atoms with van der Waals surface area (Å²) in [5.41, 5.74) is 3.29. The standard InChI is InChI=1S/C29H28N4O6/c1-39-25-10-6-5-9-22(25)27(35)31-26-17-23(32-33-26)28(36)30-21(16-24(34)29(37)38)15-18-11-13-20(14-12-18)19-7-3-2-4-8-19/h2-14,17,21,24,34H,15-16H2,1H3,(H,30,36)(H,37,38)(H2,31,32,33,35)/t21-,24-/m1/s1. The Morgan fingerprint density at radius 3 is 2.28 bits per heavy atom. The van der Waals surface area contributed by atoms with Crippen LogP contribution in [-0.4, -0.2) is 57.4 Å². The van der Waals surface area contributed by atoms with E-state index in [1.807, 2.05) is 54.6 Å². The zero-order valence-electron chi connectivity index (χ0n) is 21.1. The van der Waals surface area contributed by atoms with Gasteiger partial charge in [0, 0.05) is 18.5 Å². The fraction of sp³-hybridized carbons (Fsp3) is 0.172. The van der Waals surface area contributed by atoms with Crippen LogP contribution in [0.15, 0.2) is 84.9 Å². The van der Waals surface area contributed by atoms with Crippen molar-refractivity contribution >= 4 is 23.6 Å². The molecular weight excluding hydrogens is 500 g/mol. The van der Waals surface area contributed by atoms with Gasteiger partial charge in [-0.15, -0.1) is 0 Å². The summed E-state index contributed by atoms with van der Waals surface area (Å²) in [6.45, 7) is 0. The first-order valence-electron chi connectivity index (χ1n) is 12.2. The largest absolute Gasteiger partial charge is 0.496 e. The maximum atomic E-state index is 13.0. The molecule has 0 saturated carbocycles. The van der Waals surface area contributed by atoms with Crippen molar-refractivity contribution in [3.63, 3.8) is 0 Å². The summed E-state index contributed by atoms with van der Waals surface area (Å²) in [7, 11) is 1.46. The van der Waals surface area contributed by atoms with Crippen LogP contribution in [-0.2, 0) is 11.2 Å².